The first-order valence-electron chi connectivity index (χ1n) is 6.87. The lowest BCUT2D eigenvalue weighted by Gasteiger charge is -2.33. The van der Waals surface area contributed by atoms with Gasteiger partial charge in [-0.15, -0.1) is 0 Å². The number of hydrogen-bond acceptors (Lipinski definition) is 3. The van der Waals surface area contributed by atoms with E-state index in [2.05, 4.69) is 10.00 Å². The highest BCUT2D eigenvalue weighted by molar-refractivity contribution is 5.13. The van der Waals surface area contributed by atoms with Gasteiger partial charge in [-0.2, -0.15) is 18.3 Å². The van der Waals surface area contributed by atoms with Gasteiger partial charge in [0.25, 0.3) is 0 Å². The number of aromatic nitrogens is 2. The van der Waals surface area contributed by atoms with Crippen LogP contribution in [0, 0.1) is 5.92 Å². The number of hydrogen-bond donors (Lipinski definition) is 0. The number of likely N-dealkylation sites (tertiary alicyclic amines) is 1. The Morgan fingerprint density at radius 3 is 2.90 bits per heavy atom. The van der Waals surface area contributed by atoms with E-state index < -0.39 is 11.9 Å². The van der Waals surface area contributed by atoms with Crippen LogP contribution in [0.2, 0.25) is 0 Å². The van der Waals surface area contributed by atoms with E-state index in [1.54, 1.807) is 7.05 Å². The van der Waals surface area contributed by atoms with Gasteiger partial charge in [0.2, 0.25) is 0 Å². The second-order valence-corrected chi connectivity index (χ2v) is 5.62. The fourth-order valence-electron chi connectivity index (χ4n) is 3.12. The first kappa shape index (κ1) is 13.9. The highest BCUT2D eigenvalue weighted by atomic mass is 19.4. The van der Waals surface area contributed by atoms with Gasteiger partial charge in [-0.25, -0.2) is 0 Å². The molecule has 0 radical (unpaired) electrons. The Morgan fingerprint density at radius 2 is 2.20 bits per heavy atom. The van der Waals surface area contributed by atoms with E-state index in [-0.39, 0.29) is 0 Å². The normalized spacial score (nSPS) is 27.8. The third-order valence-corrected chi connectivity index (χ3v) is 4.22. The molecule has 3 rings (SSSR count). The quantitative estimate of drug-likeness (QED) is 0.835. The van der Waals surface area contributed by atoms with Crippen LogP contribution in [0.5, 0.6) is 0 Å². The monoisotopic (exact) mass is 289 g/mol. The number of rotatable bonds is 2. The molecular weight excluding hydrogens is 271 g/mol. The average molecular weight is 289 g/mol. The van der Waals surface area contributed by atoms with E-state index in [0.717, 1.165) is 38.6 Å². The second-order valence-electron chi connectivity index (χ2n) is 5.62. The molecule has 2 atom stereocenters. The molecule has 3 heterocycles. The van der Waals surface area contributed by atoms with E-state index in [4.69, 9.17) is 4.74 Å². The van der Waals surface area contributed by atoms with Crippen molar-refractivity contribution in [2.75, 3.05) is 19.7 Å². The van der Waals surface area contributed by atoms with E-state index in [1.807, 2.05) is 0 Å². The van der Waals surface area contributed by atoms with Crippen LogP contribution in [0.3, 0.4) is 0 Å². The van der Waals surface area contributed by atoms with Crippen LogP contribution in [0.4, 0.5) is 13.2 Å². The van der Waals surface area contributed by atoms with Crippen molar-refractivity contribution in [3.05, 3.63) is 17.5 Å². The van der Waals surface area contributed by atoms with Gasteiger partial charge in [0.05, 0.1) is 11.8 Å². The van der Waals surface area contributed by atoms with Crippen LogP contribution in [0.1, 0.15) is 24.2 Å². The van der Waals surface area contributed by atoms with Gasteiger partial charge in [0, 0.05) is 39.2 Å². The zero-order valence-electron chi connectivity index (χ0n) is 11.4. The first-order chi connectivity index (χ1) is 9.43. The summed E-state index contributed by atoms with van der Waals surface area (Å²) in [6, 6.07) is 1.15. The molecule has 2 fully saturated rings. The summed E-state index contributed by atoms with van der Waals surface area (Å²) in [4.78, 5) is 2.20. The fourth-order valence-corrected chi connectivity index (χ4v) is 3.12. The summed E-state index contributed by atoms with van der Waals surface area (Å²) in [5.74, 6) is 0.527. The van der Waals surface area contributed by atoms with Crippen LogP contribution in [-0.4, -0.2) is 40.5 Å². The van der Waals surface area contributed by atoms with Gasteiger partial charge >= 0.3 is 6.18 Å². The fraction of sp³-hybridized carbons (Fsp3) is 0.769. The van der Waals surface area contributed by atoms with Crippen molar-refractivity contribution in [2.24, 2.45) is 13.0 Å². The minimum atomic E-state index is -4.37. The number of nitrogens with zero attached hydrogens (tertiary/aromatic N) is 3. The highest BCUT2D eigenvalue weighted by Crippen LogP contribution is 2.31. The molecule has 0 unspecified atom stereocenters. The number of halogens is 3. The Bertz CT molecular complexity index is 486. The summed E-state index contributed by atoms with van der Waals surface area (Å²) >= 11 is 0. The van der Waals surface area contributed by atoms with Crippen LogP contribution in [-0.2, 0) is 24.5 Å². The smallest absolute Gasteiger partial charge is 0.378 e. The third kappa shape index (κ3) is 2.69. The molecule has 4 nitrogen and oxygen atoms in total. The van der Waals surface area contributed by atoms with Crippen LogP contribution in [0.25, 0.3) is 0 Å². The molecule has 20 heavy (non-hydrogen) atoms. The van der Waals surface area contributed by atoms with Gasteiger partial charge in [-0.1, -0.05) is 0 Å². The minimum Gasteiger partial charge on any atom is -0.378 e. The summed E-state index contributed by atoms with van der Waals surface area (Å²) in [5.41, 5.74) is -0.205. The van der Waals surface area contributed by atoms with Crippen LogP contribution in [0.15, 0.2) is 6.07 Å². The van der Waals surface area contributed by atoms with E-state index in [9.17, 15) is 13.2 Å². The zero-order chi connectivity index (χ0) is 14.3. The largest absolute Gasteiger partial charge is 0.435 e. The molecule has 0 saturated carbocycles. The minimum absolute atomic E-state index is 0.350. The summed E-state index contributed by atoms with van der Waals surface area (Å²) < 4.78 is 44.9. The van der Waals surface area contributed by atoms with Crippen LogP contribution < -0.4 is 0 Å². The molecule has 0 aliphatic carbocycles. The number of ether oxygens (including phenoxy) is 1. The molecule has 2 aliphatic heterocycles. The van der Waals surface area contributed by atoms with Crippen molar-refractivity contribution in [3.8, 4) is 0 Å². The van der Waals surface area contributed by atoms with Gasteiger partial charge < -0.3 is 4.74 Å². The van der Waals surface area contributed by atoms with Crippen molar-refractivity contribution in [1.82, 2.24) is 14.7 Å². The Hall–Kier alpha value is -1.08. The molecule has 0 amide bonds. The third-order valence-electron chi connectivity index (χ3n) is 4.22. The summed E-state index contributed by atoms with van der Waals surface area (Å²) in [6.07, 6.45) is -2.00. The van der Waals surface area contributed by atoms with Crippen molar-refractivity contribution in [2.45, 2.75) is 31.7 Å². The molecule has 0 bridgehead atoms. The summed E-state index contributed by atoms with van der Waals surface area (Å²) in [7, 11) is 1.57. The second kappa shape index (κ2) is 5.04. The van der Waals surface area contributed by atoms with Gasteiger partial charge in [-0.3, -0.25) is 9.58 Å². The summed E-state index contributed by atoms with van der Waals surface area (Å²) in [5, 5.41) is 3.55. The molecule has 7 heteroatoms. The molecule has 1 aromatic rings. The predicted molar refractivity (Wildman–Crippen MR) is 66.0 cm³/mol. The Kier molecular flexibility index (Phi) is 3.50. The predicted octanol–water partition coefficient (Wildman–Crippen LogP) is 2.05. The molecular formula is C13H18F3N3O. The van der Waals surface area contributed by atoms with Crippen molar-refractivity contribution < 1.29 is 17.9 Å². The van der Waals surface area contributed by atoms with Crippen LogP contribution >= 0.6 is 0 Å². The number of alkyl halides is 3. The molecule has 2 saturated heterocycles. The van der Waals surface area contributed by atoms with Gasteiger partial charge in [-0.05, 0) is 18.9 Å². The molecule has 2 aliphatic rings. The van der Waals surface area contributed by atoms with Crippen molar-refractivity contribution in [3.63, 3.8) is 0 Å². The van der Waals surface area contributed by atoms with Crippen molar-refractivity contribution in [1.29, 1.82) is 0 Å². The maximum absolute atomic E-state index is 12.6. The Morgan fingerprint density at radius 1 is 1.40 bits per heavy atom. The Balaban J connectivity index is 1.67. The van der Waals surface area contributed by atoms with Gasteiger partial charge in [0.1, 0.15) is 0 Å². The molecule has 112 valence electrons. The summed E-state index contributed by atoms with van der Waals surface area (Å²) in [6.45, 7) is 3.10. The maximum atomic E-state index is 12.6. The van der Waals surface area contributed by atoms with Crippen molar-refractivity contribution >= 4 is 0 Å². The number of fused-ring (bicyclic) bond motifs is 1. The Labute approximate surface area is 115 Å². The van der Waals surface area contributed by atoms with E-state index >= 15 is 0 Å². The van der Waals surface area contributed by atoms with Gasteiger partial charge in [0.15, 0.2) is 5.69 Å². The lowest BCUT2D eigenvalue weighted by Crippen LogP contribution is -2.41. The zero-order valence-corrected chi connectivity index (χ0v) is 11.4. The number of piperidine rings is 1. The standard InChI is InChI=1S/C13H18F3N3O/c1-18-10(6-12(17-18)13(14,15)16)8-19-4-2-11-9(7-19)3-5-20-11/h6,9,11H,2-5,7-8H2,1H3/t9-,11+/m1/s1. The number of aryl methyl sites for hydroxylation is 1. The van der Waals surface area contributed by atoms with E-state index in [0.29, 0.717) is 24.3 Å². The maximum Gasteiger partial charge on any atom is 0.435 e. The first-order valence-corrected chi connectivity index (χ1v) is 6.87. The SMILES string of the molecule is Cn1nc(C(F)(F)F)cc1CN1CC[C@@H]2OCC[C@@H]2C1. The average Bonchev–Trinajstić information content (AvgIpc) is 2.95. The lowest BCUT2D eigenvalue weighted by atomic mass is 9.94. The lowest BCUT2D eigenvalue weighted by molar-refractivity contribution is -0.141. The topological polar surface area (TPSA) is 30.3 Å². The molecule has 0 spiro atoms. The molecule has 0 aromatic carbocycles. The van der Waals surface area contributed by atoms with E-state index in [1.165, 1.54) is 4.68 Å². The molecule has 0 N–H and O–H groups in total. The highest BCUT2D eigenvalue weighted by Gasteiger charge is 2.36. The molecule has 1 aromatic heterocycles.